The fourth-order valence-electron chi connectivity index (χ4n) is 3.62. The summed E-state index contributed by atoms with van der Waals surface area (Å²) in [5.74, 6) is 0.301. The maximum atomic E-state index is 11.9. The van der Waals surface area contributed by atoms with E-state index in [0.717, 1.165) is 45.2 Å². The Morgan fingerprint density at radius 2 is 1.19 bits per heavy atom. The lowest BCUT2D eigenvalue weighted by Crippen LogP contribution is -2.30. The van der Waals surface area contributed by atoms with Crippen molar-refractivity contribution in [3.8, 4) is 0 Å². The van der Waals surface area contributed by atoms with Crippen molar-refractivity contribution in [3.63, 3.8) is 0 Å². The Kier molecular flexibility index (Phi) is 22.3. The molecule has 0 aliphatic heterocycles. The van der Waals surface area contributed by atoms with Gasteiger partial charge in [-0.25, -0.2) is 0 Å². The molecule has 0 aromatic carbocycles. The Balaban J connectivity index is 3.41. The zero-order valence-corrected chi connectivity index (χ0v) is 28.0. The number of alkyl halides is 2. The molecule has 0 aromatic heterocycles. The monoisotopic (exact) mass is 733 g/mol. The van der Waals surface area contributed by atoms with E-state index in [1.807, 2.05) is 34.7 Å². The van der Waals surface area contributed by atoms with E-state index in [2.05, 4.69) is 62.2 Å². The smallest absolute Gasteiger partial charge is 0.305 e. The van der Waals surface area contributed by atoms with Gasteiger partial charge in [0, 0.05) is 25.9 Å². The Bertz CT molecular complexity index is 597. The highest BCUT2D eigenvalue weighted by Gasteiger charge is 2.22. The van der Waals surface area contributed by atoms with Crippen LogP contribution >= 0.6 is 45.2 Å². The van der Waals surface area contributed by atoms with Gasteiger partial charge < -0.3 is 14.4 Å². The summed E-state index contributed by atoms with van der Waals surface area (Å²) in [7, 11) is 2.02. The number of rotatable bonds is 24. The van der Waals surface area contributed by atoms with Gasteiger partial charge in [0.05, 0.1) is 10.0 Å². The van der Waals surface area contributed by atoms with Gasteiger partial charge in [0.2, 0.25) is 0 Å². The first-order chi connectivity index (χ1) is 16.9. The van der Waals surface area contributed by atoms with Crippen molar-refractivity contribution in [1.82, 2.24) is 4.90 Å². The van der Waals surface area contributed by atoms with Crippen LogP contribution in [0.3, 0.4) is 0 Å². The van der Waals surface area contributed by atoms with Crippen LogP contribution in [0.4, 0.5) is 0 Å². The zero-order chi connectivity index (χ0) is 27.3. The molecule has 0 N–H and O–H groups in total. The van der Waals surface area contributed by atoms with Crippen LogP contribution in [0.5, 0.6) is 0 Å². The molecular weight excluding hydrogens is 680 g/mol. The van der Waals surface area contributed by atoms with Gasteiger partial charge in [-0.3, -0.25) is 9.59 Å². The van der Waals surface area contributed by atoms with Gasteiger partial charge in [0.1, 0.15) is 16.0 Å². The molecule has 7 heteroatoms. The lowest BCUT2D eigenvalue weighted by atomic mass is 10.0. The van der Waals surface area contributed by atoms with E-state index in [-0.39, 0.29) is 13.0 Å². The van der Waals surface area contributed by atoms with Gasteiger partial charge >= 0.3 is 5.97 Å². The minimum atomic E-state index is -0.212. The first-order valence-electron chi connectivity index (χ1n) is 14.0. The maximum Gasteiger partial charge on any atom is 0.305 e. The predicted octanol–water partition coefficient (Wildman–Crippen LogP) is 8.45. The number of hydrogen-bond donors (Lipinski definition) is 0. The third-order valence-corrected chi connectivity index (χ3v) is 6.92. The molecule has 0 spiro atoms. The second-order valence-corrected chi connectivity index (χ2v) is 16.0. The summed E-state index contributed by atoms with van der Waals surface area (Å²) in [5.41, 5.74) is 0. The highest BCUT2D eigenvalue weighted by molar-refractivity contribution is 14.1. The third kappa shape index (κ3) is 25.9. The average Bonchev–Trinajstić information content (AvgIpc) is 2.77. The molecular formula is C29H53I2NO4. The number of halogens is 2. The van der Waals surface area contributed by atoms with Gasteiger partial charge in [0.25, 0.3) is 0 Å². The van der Waals surface area contributed by atoms with Crippen molar-refractivity contribution < 1.29 is 19.1 Å². The van der Waals surface area contributed by atoms with E-state index in [0.29, 0.717) is 25.4 Å². The number of Topliss-reactive ketones (excluding diaryl/α,β-unsaturated/α-hetero) is 1. The quantitative estimate of drug-likeness (QED) is 0.0328. The highest BCUT2D eigenvalue weighted by atomic mass is 127. The summed E-state index contributed by atoms with van der Waals surface area (Å²) in [6, 6.07) is 0. The standard InChI is InChI=1S/C29H53I2NO4/c1-28(2,30)26(33)20-18-16-14-12-10-8-6-7-9-11-13-15-17-19-21-27(34)35-24-22-32(5)23-25-36-29(3,4)31/h6-7H,8-25H2,1-5H3/b7-6+. The molecule has 212 valence electrons. The van der Waals surface area contributed by atoms with Gasteiger partial charge in [-0.2, -0.15) is 0 Å². The first-order valence-corrected chi connectivity index (χ1v) is 16.1. The number of likely N-dealkylation sites (N-methyl/N-ethyl adjacent to an activating group) is 1. The molecule has 0 rings (SSSR count). The van der Waals surface area contributed by atoms with Crippen LogP contribution in [0, 0.1) is 0 Å². The Morgan fingerprint density at radius 3 is 1.72 bits per heavy atom. The molecule has 0 amide bonds. The molecule has 0 atom stereocenters. The molecule has 0 aliphatic rings. The van der Waals surface area contributed by atoms with Crippen molar-refractivity contribution in [3.05, 3.63) is 12.2 Å². The molecule has 0 unspecified atom stereocenters. The number of unbranched alkanes of at least 4 members (excludes halogenated alkanes) is 10. The number of hydrogen-bond acceptors (Lipinski definition) is 5. The van der Waals surface area contributed by atoms with Crippen molar-refractivity contribution >= 4 is 56.9 Å². The van der Waals surface area contributed by atoms with E-state index in [1.54, 1.807) is 0 Å². The topological polar surface area (TPSA) is 55.8 Å². The van der Waals surface area contributed by atoms with Crippen LogP contribution in [0.2, 0.25) is 0 Å². The molecule has 36 heavy (non-hydrogen) atoms. The maximum absolute atomic E-state index is 11.9. The van der Waals surface area contributed by atoms with Crippen LogP contribution in [0.25, 0.3) is 0 Å². The molecule has 5 nitrogen and oxygen atoms in total. The lowest BCUT2D eigenvalue weighted by Gasteiger charge is -2.21. The zero-order valence-electron chi connectivity index (χ0n) is 23.7. The molecule has 0 saturated carbocycles. The Labute approximate surface area is 249 Å². The largest absolute Gasteiger partial charge is 0.464 e. The summed E-state index contributed by atoms with van der Waals surface area (Å²) < 4.78 is 10.7. The van der Waals surface area contributed by atoms with Crippen molar-refractivity contribution in [1.29, 1.82) is 0 Å². The minimum Gasteiger partial charge on any atom is -0.464 e. The normalized spacial score (nSPS) is 12.6. The number of nitrogens with zero attached hydrogens (tertiary/aromatic N) is 1. The first kappa shape index (κ1) is 36.3. The molecule has 0 fully saturated rings. The molecule has 0 bridgehead atoms. The van der Waals surface area contributed by atoms with E-state index < -0.39 is 0 Å². The van der Waals surface area contributed by atoms with Crippen LogP contribution in [-0.2, 0) is 19.1 Å². The number of allylic oxidation sites excluding steroid dienone is 2. The van der Waals surface area contributed by atoms with E-state index in [9.17, 15) is 9.59 Å². The Morgan fingerprint density at radius 1 is 0.722 bits per heavy atom. The van der Waals surface area contributed by atoms with E-state index in [4.69, 9.17) is 9.47 Å². The minimum absolute atomic E-state index is 0.0750. The van der Waals surface area contributed by atoms with Crippen LogP contribution in [-0.4, -0.2) is 57.0 Å². The number of carbonyl (C=O) groups excluding carboxylic acids is 2. The molecule has 0 aromatic rings. The van der Waals surface area contributed by atoms with Gasteiger partial charge in [-0.1, -0.05) is 73.3 Å². The Hall–Kier alpha value is 0.260. The predicted molar refractivity (Wildman–Crippen MR) is 169 cm³/mol. The van der Waals surface area contributed by atoms with Crippen molar-refractivity contribution in [2.75, 3.05) is 33.4 Å². The van der Waals surface area contributed by atoms with Crippen LogP contribution in [0.1, 0.15) is 118 Å². The fourth-order valence-corrected chi connectivity index (χ4v) is 4.11. The van der Waals surface area contributed by atoms with Gasteiger partial charge in [0.15, 0.2) is 0 Å². The second kappa shape index (κ2) is 22.1. The molecule has 0 radical (unpaired) electrons. The van der Waals surface area contributed by atoms with Crippen molar-refractivity contribution in [2.24, 2.45) is 0 Å². The lowest BCUT2D eigenvalue weighted by molar-refractivity contribution is -0.144. The average molecular weight is 734 g/mol. The van der Waals surface area contributed by atoms with Crippen LogP contribution in [0.15, 0.2) is 12.2 Å². The molecule has 0 saturated heterocycles. The van der Waals surface area contributed by atoms with Crippen molar-refractivity contribution in [2.45, 2.75) is 125 Å². The summed E-state index contributed by atoms with van der Waals surface area (Å²) in [6.07, 6.45) is 19.9. The second-order valence-electron chi connectivity index (χ2n) is 10.7. The SMILES string of the molecule is CN(CCOC(=O)CCCCCCC/C=C/CCCCCCCC(=O)C(C)(C)I)CCOC(C)(C)I. The highest BCUT2D eigenvalue weighted by Crippen LogP contribution is 2.21. The van der Waals surface area contributed by atoms with Crippen LogP contribution < -0.4 is 0 Å². The number of ether oxygens (including phenoxy) is 2. The summed E-state index contributed by atoms with van der Waals surface area (Å²) in [4.78, 5) is 25.9. The summed E-state index contributed by atoms with van der Waals surface area (Å²) in [6.45, 7) is 10.8. The number of esters is 1. The number of carbonyl (C=O) groups is 2. The van der Waals surface area contributed by atoms with E-state index >= 15 is 0 Å². The molecule has 0 heterocycles. The molecule has 0 aliphatic carbocycles. The van der Waals surface area contributed by atoms with Gasteiger partial charge in [-0.15, -0.1) is 0 Å². The van der Waals surface area contributed by atoms with Gasteiger partial charge in [-0.05, 0) is 95.9 Å². The summed E-state index contributed by atoms with van der Waals surface area (Å²) in [5, 5.41) is 0. The number of ketones is 1. The third-order valence-electron chi connectivity index (χ3n) is 6.01. The fraction of sp³-hybridized carbons (Fsp3) is 0.862. The summed E-state index contributed by atoms with van der Waals surface area (Å²) >= 11 is 4.52. The van der Waals surface area contributed by atoms with E-state index in [1.165, 1.54) is 51.4 Å².